The lowest BCUT2D eigenvalue weighted by Gasteiger charge is -2.26. The fraction of sp³-hybridized carbons (Fsp3) is 0.500. The zero-order valence-electron chi connectivity index (χ0n) is 26.4. The zero-order chi connectivity index (χ0) is 34.3. The van der Waals surface area contributed by atoms with Gasteiger partial charge < -0.3 is 26.2 Å². The van der Waals surface area contributed by atoms with E-state index in [2.05, 4.69) is 52.5 Å². The third kappa shape index (κ3) is 21.4. The Kier molecular flexibility index (Phi) is 21.4. The number of hydrogen-bond acceptors (Lipinski definition) is 6. The predicted octanol–water partition coefficient (Wildman–Crippen LogP) is 3.80. The summed E-state index contributed by atoms with van der Waals surface area (Å²) in [5, 5.41) is 13.6. The molecule has 2 aromatic carbocycles. The van der Waals surface area contributed by atoms with Gasteiger partial charge in [0.1, 0.15) is 12.6 Å². The minimum absolute atomic E-state index is 0.201. The molecule has 1 unspecified atom stereocenters. The van der Waals surface area contributed by atoms with Crippen LogP contribution >= 0.6 is 0 Å². The average molecular weight is 641 g/mol. The molecule has 1 aliphatic heterocycles. The first kappa shape index (κ1) is 41.0. The van der Waals surface area contributed by atoms with Crippen molar-refractivity contribution >= 4 is 24.2 Å². The van der Waals surface area contributed by atoms with Crippen LogP contribution < -0.4 is 16.4 Å². The number of carbonyl (C=O) groups excluding carboxylic acids is 3. The van der Waals surface area contributed by atoms with Crippen molar-refractivity contribution in [1.29, 1.82) is 0 Å². The normalized spacial score (nSPS) is 13.3. The van der Waals surface area contributed by atoms with Crippen LogP contribution in [0.3, 0.4) is 0 Å². The number of benzene rings is 2. The Morgan fingerprint density at radius 3 is 2.04 bits per heavy atom. The molecule has 0 spiro atoms. The number of primary amides is 1. The van der Waals surface area contributed by atoms with Gasteiger partial charge in [-0.3, -0.25) is 24.1 Å². The Balaban J connectivity index is 0.000000718. The van der Waals surface area contributed by atoms with E-state index in [0.29, 0.717) is 32.6 Å². The molecular formula is C32H47F3N4O6. The number of nitrogens with zero attached hydrogens (tertiary/aromatic N) is 1. The monoisotopic (exact) mass is 640 g/mol. The van der Waals surface area contributed by atoms with Crippen LogP contribution in [0.25, 0.3) is 0 Å². The Bertz CT molecular complexity index is 1110. The van der Waals surface area contributed by atoms with E-state index in [9.17, 15) is 27.6 Å². The third-order valence-corrected chi connectivity index (χ3v) is 6.16. The van der Waals surface area contributed by atoms with Gasteiger partial charge in [-0.25, -0.2) is 0 Å². The van der Waals surface area contributed by atoms with Gasteiger partial charge in [0, 0.05) is 26.1 Å². The first-order valence-electron chi connectivity index (χ1n) is 14.6. The minimum atomic E-state index is -4.21. The lowest BCUT2D eigenvalue weighted by molar-refractivity contribution is -0.138. The molecule has 5 N–H and O–H groups in total. The van der Waals surface area contributed by atoms with Gasteiger partial charge in [0.05, 0.1) is 18.8 Å². The molecule has 1 fully saturated rings. The minimum Gasteiger partial charge on any atom is -0.480 e. The van der Waals surface area contributed by atoms with Crippen LogP contribution in [-0.4, -0.2) is 79.6 Å². The number of ether oxygens (including phenoxy) is 1. The van der Waals surface area contributed by atoms with Crippen molar-refractivity contribution in [2.45, 2.75) is 59.2 Å². The van der Waals surface area contributed by atoms with Gasteiger partial charge in [-0.1, -0.05) is 68.8 Å². The largest absolute Gasteiger partial charge is 0.480 e. The summed E-state index contributed by atoms with van der Waals surface area (Å²) < 4.78 is 41.0. The van der Waals surface area contributed by atoms with Gasteiger partial charge in [0.25, 0.3) is 0 Å². The van der Waals surface area contributed by atoms with Crippen molar-refractivity contribution in [2.24, 2.45) is 11.7 Å². The maximum Gasteiger partial charge on any atom is 0.416 e. The highest BCUT2D eigenvalue weighted by atomic mass is 19.4. The summed E-state index contributed by atoms with van der Waals surface area (Å²) in [5.41, 5.74) is 5.81. The van der Waals surface area contributed by atoms with Gasteiger partial charge in [0.15, 0.2) is 0 Å². The first-order chi connectivity index (χ1) is 21.2. The van der Waals surface area contributed by atoms with Crippen molar-refractivity contribution in [2.75, 3.05) is 39.4 Å². The molecule has 13 heteroatoms. The number of aliphatic carboxylic acids is 1. The van der Waals surface area contributed by atoms with Crippen LogP contribution in [-0.2, 0) is 36.5 Å². The fourth-order valence-electron chi connectivity index (χ4n) is 3.80. The first-order valence-corrected chi connectivity index (χ1v) is 14.6. The summed E-state index contributed by atoms with van der Waals surface area (Å²) in [5.74, 6) is -1.57. The number of nitrogens with one attached hydrogen (secondary N) is 2. The second kappa shape index (κ2) is 23.4. The molecule has 0 aromatic heterocycles. The van der Waals surface area contributed by atoms with E-state index in [1.54, 1.807) is 6.92 Å². The van der Waals surface area contributed by atoms with Crippen LogP contribution in [0, 0.1) is 12.8 Å². The molecule has 1 saturated heterocycles. The van der Waals surface area contributed by atoms with Crippen molar-refractivity contribution in [3.8, 4) is 0 Å². The highest BCUT2D eigenvalue weighted by Crippen LogP contribution is 2.28. The Hall–Kier alpha value is -3.97. The number of amides is 3. The molecule has 0 saturated carbocycles. The number of hydrogen-bond donors (Lipinski definition) is 4. The molecule has 0 aliphatic carbocycles. The number of halogens is 3. The lowest BCUT2D eigenvalue weighted by Crippen LogP contribution is -2.49. The molecule has 3 amide bonds. The van der Waals surface area contributed by atoms with E-state index in [0.717, 1.165) is 37.2 Å². The number of alkyl halides is 3. The highest BCUT2D eigenvalue weighted by Gasteiger charge is 2.29. The summed E-state index contributed by atoms with van der Waals surface area (Å²) in [6.45, 7) is 10.9. The van der Waals surface area contributed by atoms with Crippen molar-refractivity contribution in [3.63, 3.8) is 0 Å². The number of carboxylic acids is 1. The number of carbonyl (C=O) groups is 4. The summed E-state index contributed by atoms with van der Waals surface area (Å²) >= 11 is 0. The van der Waals surface area contributed by atoms with E-state index in [-0.39, 0.29) is 18.2 Å². The van der Waals surface area contributed by atoms with Crippen LogP contribution in [0.5, 0.6) is 0 Å². The summed E-state index contributed by atoms with van der Waals surface area (Å²) in [6, 6.07) is 14.8. The van der Waals surface area contributed by atoms with E-state index >= 15 is 0 Å². The van der Waals surface area contributed by atoms with Gasteiger partial charge in [-0.2, -0.15) is 13.2 Å². The van der Waals surface area contributed by atoms with Gasteiger partial charge in [-0.05, 0) is 43.4 Å². The van der Waals surface area contributed by atoms with E-state index in [4.69, 9.17) is 14.6 Å². The maximum atomic E-state index is 12.1. The van der Waals surface area contributed by atoms with Gasteiger partial charge in [0.2, 0.25) is 18.2 Å². The number of rotatable bonds is 10. The molecule has 45 heavy (non-hydrogen) atoms. The SMILES string of the molecule is CC(C)CC(NC(=O)CCN1CCOCC1)C(=O)NCC(=O)O.CCc1ccccc1.Cc1ccc(C(F)(F)F)cc1.NC=O. The summed E-state index contributed by atoms with van der Waals surface area (Å²) in [4.78, 5) is 45.3. The van der Waals surface area contributed by atoms with E-state index < -0.39 is 36.2 Å². The molecule has 0 radical (unpaired) electrons. The van der Waals surface area contributed by atoms with E-state index in [1.807, 2.05) is 19.9 Å². The van der Waals surface area contributed by atoms with Gasteiger partial charge in [-0.15, -0.1) is 0 Å². The van der Waals surface area contributed by atoms with Crippen LogP contribution in [0.15, 0.2) is 54.6 Å². The predicted molar refractivity (Wildman–Crippen MR) is 166 cm³/mol. The quantitative estimate of drug-likeness (QED) is 0.289. The summed E-state index contributed by atoms with van der Waals surface area (Å²) in [7, 11) is 0. The van der Waals surface area contributed by atoms with Crippen molar-refractivity contribution < 1.29 is 42.2 Å². The van der Waals surface area contributed by atoms with Crippen LogP contribution in [0.1, 0.15) is 50.3 Å². The van der Waals surface area contributed by atoms with Crippen molar-refractivity contribution in [3.05, 3.63) is 71.3 Å². The molecule has 1 aliphatic rings. The fourth-order valence-corrected chi connectivity index (χ4v) is 3.80. The smallest absolute Gasteiger partial charge is 0.416 e. The highest BCUT2D eigenvalue weighted by molar-refractivity contribution is 5.89. The average Bonchev–Trinajstić information content (AvgIpc) is 3.00. The summed E-state index contributed by atoms with van der Waals surface area (Å²) in [6.07, 6.45) is -2.05. The zero-order valence-corrected chi connectivity index (χ0v) is 26.4. The second-order valence-corrected chi connectivity index (χ2v) is 10.4. The molecule has 1 atom stereocenters. The maximum absolute atomic E-state index is 12.1. The van der Waals surface area contributed by atoms with E-state index in [1.165, 1.54) is 17.7 Å². The molecule has 2 aromatic rings. The molecule has 1 heterocycles. The molecule has 3 rings (SSSR count). The molecule has 0 bridgehead atoms. The third-order valence-electron chi connectivity index (χ3n) is 6.16. The van der Waals surface area contributed by atoms with Crippen LogP contribution in [0.2, 0.25) is 0 Å². The number of nitrogens with two attached hydrogens (primary N) is 1. The Morgan fingerprint density at radius 2 is 1.60 bits per heavy atom. The number of carboxylic acid groups (broad SMARTS) is 1. The second-order valence-electron chi connectivity index (χ2n) is 10.4. The standard InChI is InChI=1S/C15H27N3O5.C8H7F3.C8H10.CH3NO/c1-11(2)9-12(15(22)16-10-14(20)21)17-13(19)3-4-18-5-7-23-8-6-18;1-6-2-4-7(5-3-6)8(9,10)11;1-2-8-6-4-3-5-7-8;2-1-3/h11-12H,3-10H2,1-2H3,(H,16,22)(H,17,19)(H,20,21);2-5H,1H3;3-7H,2H2,1H3;1H,(H2,2,3). The van der Waals surface area contributed by atoms with Gasteiger partial charge >= 0.3 is 12.1 Å². The Morgan fingerprint density at radius 1 is 1.04 bits per heavy atom. The van der Waals surface area contributed by atoms with Crippen LogP contribution in [0.4, 0.5) is 13.2 Å². The molecule has 252 valence electrons. The number of aryl methyl sites for hydroxylation is 2. The van der Waals surface area contributed by atoms with Crippen molar-refractivity contribution in [1.82, 2.24) is 15.5 Å². The Labute approximate surface area is 263 Å². The molecule has 10 nitrogen and oxygen atoms in total. The number of morpholine rings is 1. The molecular weight excluding hydrogens is 593 g/mol. The topological polar surface area (TPSA) is 151 Å². The lowest BCUT2D eigenvalue weighted by atomic mass is 10.0.